The standard InChI is InChI=1S/C10H12F3N3/c1-16-9(15-16,10(11,12)13)8-4-2-3-7(5-8)6-14/h2-5,15H,6,14H2,1H3. The predicted molar refractivity (Wildman–Crippen MR) is 53.0 cm³/mol. The zero-order valence-corrected chi connectivity index (χ0v) is 8.67. The first kappa shape index (κ1) is 11.4. The van der Waals surface area contributed by atoms with Crippen molar-refractivity contribution in [1.29, 1.82) is 0 Å². The predicted octanol–water partition coefficient (Wildman–Crippen LogP) is 1.31. The summed E-state index contributed by atoms with van der Waals surface area (Å²) in [5, 5.41) is 1.04. The van der Waals surface area contributed by atoms with Crippen LogP contribution < -0.4 is 11.2 Å². The van der Waals surface area contributed by atoms with E-state index in [1.54, 1.807) is 12.1 Å². The van der Waals surface area contributed by atoms with Gasteiger partial charge in [-0.15, -0.1) is 0 Å². The second-order valence-electron chi connectivity index (χ2n) is 3.78. The fraction of sp³-hybridized carbons (Fsp3) is 0.400. The van der Waals surface area contributed by atoms with E-state index < -0.39 is 11.8 Å². The van der Waals surface area contributed by atoms with E-state index in [4.69, 9.17) is 5.73 Å². The highest BCUT2D eigenvalue weighted by atomic mass is 19.4. The molecule has 3 nitrogen and oxygen atoms in total. The number of rotatable bonds is 2. The van der Waals surface area contributed by atoms with E-state index in [0.29, 0.717) is 5.56 Å². The van der Waals surface area contributed by atoms with Gasteiger partial charge in [0.1, 0.15) is 0 Å². The summed E-state index contributed by atoms with van der Waals surface area (Å²) in [6.45, 7) is 0.228. The van der Waals surface area contributed by atoms with E-state index in [2.05, 4.69) is 5.43 Å². The molecule has 1 aromatic rings. The van der Waals surface area contributed by atoms with Crippen LogP contribution in [-0.4, -0.2) is 18.2 Å². The third-order valence-corrected chi connectivity index (χ3v) is 2.77. The van der Waals surface area contributed by atoms with Gasteiger partial charge >= 0.3 is 6.18 Å². The summed E-state index contributed by atoms with van der Waals surface area (Å²) >= 11 is 0. The van der Waals surface area contributed by atoms with Crippen molar-refractivity contribution in [2.45, 2.75) is 18.4 Å². The highest BCUT2D eigenvalue weighted by molar-refractivity contribution is 5.33. The van der Waals surface area contributed by atoms with Gasteiger partial charge in [-0.2, -0.15) is 13.2 Å². The van der Waals surface area contributed by atoms with Crippen molar-refractivity contribution < 1.29 is 13.2 Å². The highest BCUT2D eigenvalue weighted by Crippen LogP contribution is 2.48. The van der Waals surface area contributed by atoms with Crippen molar-refractivity contribution >= 4 is 0 Å². The molecule has 88 valence electrons. The van der Waals surface area contributed by atoms with Gasteiger partial charge in [-0.25, -0.2) is 10.4 Å². The van der Waals surface area contributed by atoms with Crippen LogP contribution in [0.5, 0.6) is 0 Å². The minimum absolute atomic E-state index is 0.172. The van der Waals surface area contributed by atoms with Crippen LogP contribution in [0.4, 0.5) is 13.2 Å². The van der Waals surface area contributed by atoms with Gasteiger partial charge in [0.25, 0.3) is 0 Å². The molecule has 0 aromatic heterocycles. The number of nitrogens with two attached hydrogens (primary N) is 1. The van der Waals surface area contributed by atoms with E-state index in [-0.39, 0.29) is 12.1 Å². The molecule has 1 saturated heterocycles. The SMILES string of the molecule is CN1NC1(c1cccc(CN)c1)C(F)(F)F. The Labute approximate surface area is 91.0 Å². The number of alkyl halides is 3. The van der Waals surface area contributed by atoms with Crippen molar-refractivity contribution in [3.8, 4) is 0 Å². The van der Waals surface area contributed by atoms with Crippen LogP contribution in [0.1, 0.15) is 11.1 Å². The minimum Gasteiger partial charge on any atom is -0.326 e. The van der Waals surface area contributed by atoms with E-state index in [0.717, 1.165) is 5.01 Å². The summed E-state index contributed by atoms with van der Waals surface area (Å²) in [5.41, 5.74) is 6.54. The Morgan fingerprint density at radius 3 is 2.50 bits per heavy atom. The van der Waals surface area contributed by atoms with Crippen molar-refractivity contribution in [3.05, 3.63) is 35.4 Å². The van der Waals surface area contributed by atoms with Crippen molar-refractivity contribution in [1.82, 2.24) is 10.4 Å². The number of benzene rings is 1. The Kier molecular flexibility index (Phi) is 2.45. The van der Waals surface area contributed by atoms with Crippen LogP contribution in [0, 0.1) is 0 Å². The molecule has 2 unspecified atom stereocenters. The first-order valence-corrected chi connectivity index (χ1v) is 4.79. The van der Waals surface area contributed by atoms with Crippen LogP contribution in [-0.2, 0) is 12.2 Å². The number of nitrogens with zero attached hydrogens (tertiary/aromatic N) is 1. The van der Waals surface area contributed by atoms with Gasteiger partial charge in [0.05, 0.1) is 0 Å². The fourth-order valence-corrected chi connectivity index (χ4v) is 1.82. The largest absolute Gasteiger partial charge is 0.426 e. The molecule has 16 heavy (non-hydrogen) atoms. The number of hydrogen-bond donors (Lipinski definition) is 2. The van der Waals surface area contributed by atoms with Gasteiger partial charge in [-0.3, -0.25) is 0 Å². The first-order valence-electron chi connectivity index (χ1n) is 4.79. The van der Waals surface area contributed by atoms with E-state index in [1.165, 1.54) is 19.2 Å². The molecule has 1 fully saturated rings. The van der Waals surface area contributed by atoms with Crippen LogP contribution in [0.2, 0.25) is 0 Å². The van der Waals surface area contributed by atoms with Gasteiger partial charge in [-0.05, 0) is 11.1 Å². The van der Waals surface area contributed by atoms with Gasteiger partial charge in [0.2, 0.25) is 5.66 Å². The summed E-state index contributed by atoms with van der Waals surface area (Å²) in [6.07, 6.45) is -4.35. The monoisotopic (exact) mass is 231 g/mol. The molecule has 1 aliphatic rings. The summed E-state index contributed by atoms with van der Waals surface area (Å²) in [5.74, 6) is 0. The van der Waals surface area contributed by atoms with Gasteiger partial charge < -0.3 is 5.73 Å². The lowest BCUT2D eigenvalue weighted by atomic mass is 10.0. The minimum atomic E-state index is -4.35. The molecule has 0 saturated carbocycles. The van der Waals surface area contributed by atoms with Gasteiger partial charge in [-0.1, -0.05) is 24.3 Å². The van der Waals surface area contributed by atoms with E-state index in [1.807, 2.05) is 0 Å². The maximum Gasteiger partial charge on any atom is 0.426 e. The second-order valence-corrected chi connectivity index (χ2v) is 3.78. The molecule has 1 aliphatic heterocycles. The zero-order valence-electron chi connectivity index (χ0n) is 8.67. The molecule has 2 atom stereocenters. The van der Waals surface area contributed by atoms with Gasteiger partial charge in [0, 0.05) is 13.6 Å². The van der Waals surface area contributed by atoms with Gasteiger partial charge in [0.15, 0.2) is 0 Å². The van der Waals surface area contributed by atoms with Crippen molar-refractivity contribution in [2.24, 2.45) is 5.73 Å². The quantitative estimate of drug-likeness (QED) is 0.754. The summed E-state index contributed by atoms with van der Waals surface area (Å²) in [4.78, 5) is 0. The number of hydrogen-bond acceptors (Lipinski definition) is 3. The smallest absolute Gasteiger partial charge is 0.326 e. The van der Waals surface area contributed by atoms with Crippen molar-refractivity contribution in [2.75, 3.05) is 7.05 Å². The van der Waals surface area contributed by atoms with Crippen LogP contribution in [0.15, 0.2) is 24.3 Å². The normalized spacial score (nSPS) is 29.2. The maximum atomic E-state index is 12.9. The fourth-order valence-electron chi connectivity index (χ4n) is 1.82. The molecule has 2 rings (SSSR count). The molecule has 6 heteroatoms. The molecule has 0 amide bonds. The Bertz CT molecular complexity index is 405. The lowest BCUT2D eigenvalue weighted by Gasteiger charge is -2.18. The number of nitrogens with one attached hydrogen (secondary N) is 1. The summed E-state index contributed by atoms with van der Waals surface area (Å²) < 4.78 is 38.8. The van der Waals surface area contributed by atoms with E-state index in [9.17, 15) is 13.2 Å². The summed E-state index contributed by atoms with van der Waals surface area (Å²) in [7, 11) is 1.36. The van der Waals surface area contributed by atoms with Crippen LogP contribution in [0.25, 0.3) is 0 Å². The topological polar surface area (TPSA) is 51.0 Å². The van der Waals surface area contributed by atoms with E-state index >= 15 is 0 Å². The van der Waals surface area contributed by atoms with Crippen LogP contribution >= 0.6 is 0 Å². The second kappa shape index (κ2) is 3.44. The number of hydrazine groups is 1. The first-order chi connectivity index (χ1) is 7.41. The van der Waals surface area contributed by atoms with Crippen LogP contribution in [0.3, 0.4) is 0 Å². The molecule has 1 aromatic carbocycles. The van der Waals surface area contributed by atoms with Crippen molar-refractivity contribution in [3.63, 3.8) is 0 Å². The molecule has 0 radical (unpaired) electrons. The third kappa shape index (κ3) is 1.50. The highest BCUT2D eigenvalue weighted by Gasteiger charge is 2.69. The average molecular weight is 231 g/mol. The zero-order chi connectivity index (χ0) is 12.0. The molecule has 1 heterocycles. The molecule has 0 spiro atoms. The molecular weight excluding hydrogens is 219 g/mol. The third-order valence-electron chi connectivity index (χ3n) is 2.77. The lowest BCUT2D eigenvalue weighted by molar-refractivity contribution is -0.174. The number of halogens is 3. The molecule has 0 aliphatic carbocycles. The Hall–Kier alpha value is -1.11. The average Bonchev–Trinajstić information content (AvgIpc) is 2.91. The summed E-state index contributed by atoms with van der Waals surface area (Å²) in [6, 6.07) is 6.21. The Balaban J connectivity index is 2.43. The molecular formula is C10H12F3N3. The molecule has 3 N–H and O–H groups in total. The molecule has 0 bridgehead atoms. The lowest BCUT2D eigenvalue weighted by Crippen LogP contribution is -2.35. The maximum absolute atomic E-state index is 12.9. The Morgan fingerprint density at radius 1 is 1.44 bits per heavy atom. The Morgan fingerprint density at radius 2 is 2.06 bits per heavy atom.